The Hall–Kier alpha value is -2.16. The molecule has 0 spiro atoms. The molecule has 0 bridgehead atoms. The monoisotopic (exact) mass is 210 g/mol. The van der Waals surface area contributed by atoms with E-state index >= 15 is 0 Å². The van der Waals surface area contributed by atoms with E-state index < -0.39 is 17.3 Å². The minimum absolute atomic E-state index is 0.0516. The Morgan fingerprint density at radius 1 is 1.73 bits per heavy atom. The van der Waals surface area contributed by atoms with Crippen molar-refractivity contribution in [2.75, 3.05) is 7.11 Å². The predicted octanol–water partition coefficient (Wildman–Crippen LogP) is 0.101. The maximum Gasteiger partial charge on any atom is 0.311 e. The number of carbonyl (C=O) groups is 1. The molecule has 1 aromatic heterocycles. The summed E-state index contributed by atoms with van der Waals surface area (Å²) >= 11 is 0. The first kappa shape index (κ1) is 10.9. The Morgan fingerprint density at radius 2 is 2.40 bits per heavy atom. The number of carbonyl (C=O) groups excluding carboxylic acids is 1. The van der Waals surface area contributed by atoms with Crippen LogP contribution in [0, 0.1) is 17.1 Å². The minimum Gasteiger partial charge on any atom is -0.469 e. The number of esters is 1. The van der Waals surface area contributed by atoms with Crippen molar-refractivity contribution in [3.05, 3.63) is 33.5 Å². The third-order valence-electron chi connectivity index (χ3n) is 1.75. The third-order valence-corrected chi connectivity index (χ3v) is 1.75. The van der Waals surface area contributed by atoms with E-state index in [-0.39, 0.29) is 17.7 Å². The molecule has 0 amide bonds. The predicted molar refractivity (Wildman–Crippen MR) is 47.5 cm³/mol. The molecular weight excluding hydrogens is 203 g/mol. The van der Waals surface area contributed by atoms with Crippen LogP contribution in [0.1, 0.15) is 11.3 Å². The Labute approximate surface area is 84.1 Å². The number of hydrogen-bond acceptors (Lipinski definition) is 4. The zero-order chi connectivity index (χ0) is 11.4. The number of aromatic amines is 1. The zero-order valence-electron chi connectivity index (χ0n) is 7.83. The summed E-state index contributed by atoms with van der Waals surface area (Å²) in [7, 11) is 1.18. The van der Waals surface area contributed by atoms with Crippen molar-refractivity contribution in [1.82, 2.24) is 4.98 Å². The number of nitrogens with zero attached hydrogens (tertiary/aromatic N) is 1. The van der Waals surface area contributed by atoms with Crippen molar-refractivity contribution >= 4 is 5.97 Å². The Morgan fingerprint density at radius 3 is 2.93 bits per heavy atom. The van der Waals surface area contributed by atoms with Crippen LogP contribution in [0.25, 0.3) is 0 Å². The van der Waals surface area contributed by atoms with Crippen LogP contribution in [-0.2, 0) is 16.0 Å². The topological polar surface area (TPSA) is 83.0 Å². The average molecular weight is 210 g/mol. The summed E-state index contributed by atoms with van der Waals surface area (Å²) in [5.41, 5.74) is -0.999. The van der Waals surface area contributed by atoms with E-state index in [9.17, 15) is 14.0 Å². The van der Waals surface area contributed by atoms with E-state index in [1.807, 2.05) is 0 Å². The first-order valence-corrected chi connectivity index (χ1v) is 3.97. The van der Waals surface area contributed by atoms with Gasteiger partial charge in [-0.1, -0.05) is 0 Å². The van der Waals surface area contributed by atoms with E-state index in [0.717, 1.165) is 6.07 Å². The summed E-state index contributed by atoms with van der Waals surface area (Å²) in [4.78, 5) is 23.9. The van der Waals surface area contributed by atoms with Crippen LogP contribution in [0.15, 0.2) is 10.9 Å². The van der Waals surface area contributed by atoms with Crippen molar-refractivity contribution < 1.29 is 13.9 Å². The fourth-order valence-corrected chi connectivity index (χ4v) is 0.999. The van der Waals surface area contributed by atoms with Crippen molar-refractivity contribution in [3.63, 3.8) is 0 Å². The second-order valence-corrected chi connectivity index (χ2v) is 2.70. The zero-order valence-corrected chi connectivity index (χ0v) is 7.83. The lowest BCUT2D eigenvalue weighted by Crippen LogP contribution is -2.17. The van der Waals surface area contributed by atoms with Crippen LogP contribution < -0.4 is 5.56 Å². The van der Waals surface area contributed by atoms with Crippen LogP contribution in [0.2, 0.25) is 0 Å². The molecule has 1 heterocycles. The smallest absolute Gasteiger partial charge is 0.311 e. The van der Waals surface area contributed by atoms with Gasteiger partial charge < -0.3 is 9.72 Å². The van der Waals surface area contributed by atoms with Crippen molar-refractivity contribution in [1.29, 1.82) is 5.26 Å². The minimum atomic E-state index is -1.06. The van der Waals surface area contributed by atoms with Gasteiger partial charge >= 0.3 is 5.97 Å². The standard InChI is InChI=1S/C9H7FN2O3/c1-15-8(13)3-7-5(4-11)2-6(10)9(14)12-7/h2H,3H2,1H3,(H,12,14). The molecule has 1 N–H and O–H groups in total. The fraction of sp³-hybridized carbons (Fsp3) is 0.222. The largest absolute Gasteiger partial charge is 0.469 e. The van der Waals surface area contributed by atoms with Gasteiger partial charge in [-0.3, -0.25) is 9.59 Å². The molecule has 5 nitrogen and oxygen atoms in total. The number of ether oxygens (including phenoxy) is 1. The van der Waals surface area contributed by atoms with Gasteiger partial charge in [0.05, 0.1) is 19.1 Å². The molecule has 0 saturated heterocycles. The molecule has 0 aliphatic rings. The first-order chi connectivity index (χ1) is 7.08. The molecule has 15 heavy (non-hydrogen) atoms. The van der Waals surface area contributed by atoms with Crippen LogP contribution in [0.3, 0.4) is 0 Å². The number of nitrogens with one attached hydrogen (secondary N) is 1. The van der Waals surface area contributed by atoms with Gasteiger partial charge in [0.2, 0.25) is 0 Å². The second-order valence-electron chi connectivity index (χ2n) is 2.70. The lowest BCUT2D eigenvalue weighted by atomic mass is 10.1. The molecule has 0 aliphatic heterocycles. The molecule has 1 aromatic rings. The maximum absolute atomic E-state index is 12.8. The first-order valence-electron chi connectivity index (χ1n) is 3.97. The summed E-state index contributed by atoms with van der Waals surface area (Å²) in [6, 6.07) is 2.46. The number of H-pyrrole nitrogens is 1. The summed E-state index contributed by atoms with van der Waals surface area (Å²) in [6.45, 7) is 0. The van der Waals surface area contributed by atoms with E-state index in [4.69, 9.17) is 5.26 Å². The Balaban J connectivity index is 3.18. The number of nitriles is 1. The molecule has 6 heteroatoms. The molecule has 78 valence electrons. The molecular formula is C9H7FN2O3. The van der Waals surface area contributed by atoms with Crippen molar-refractivity contribution in [2.24, 2.45) is 0 Å². The highest BCUT2D eigenvalue weighted by molar-refractivity contribution is 5.72. The third kappa shape index (κ3) is 2.40. The molecule has 0 saturated carbocycles. The van der Waals surface area contributed by atoms with Gasteiger partial charge in [-0.15, -0.1) is 0 Å². The van der Waals surface area contributed by atoms with Crippen molar-refractivity contribution in [3.8, 4) is 6.07 Å². The Bertz CT molecular complexity index is 487. The molecule has 0 atom stereocenters. The average Bonchev–Trinajstić information content (AvgIpc) is 2.22. The van der Waals surface area contributed by atoms with Crippen LogP contribution in [0.5, 0.6) is 0 Å². The second kappa shape index (κ2) is 4.37. The molecule has 0 radical (unpaired) electrons. The van der Waals surface area contributed by atoms with Gasteiger partial charge in [-0.2, -0.15) is 5.26 Å². The molecule has 0 aliphatic carbocycles. The van der Waals surface area contributed by atoms with Gasteiger partial charge in [0.25, 0.3) is 5.56 Å². The van der Waals surface area contributed by atoms with E-state index in [0.29, 0.717) is 0 Å². The summed E-state index contributed by atoms with van der Waals surface area (Å²) in [6.07, 6.45) is -0.269. The molecule has 0 unspecified atom stereocenters. The van der Waals surface area contributed by atoms with Gasteiger partial charge in [0.1, 0.15) is 6.07 Å². The highest BCUT2D eigenvalue weighted by Gasteiger charge is 2.11. The van der Waals surface area contributed by atoms with Crippen LogP contribution >= 0.6 is 0 Å². The normalized spacial score (nSPS) is 9.40. The number of rotatable bonds is 2. The molecule has 1 rings (SSSR count). The lowest BCUT2D eigenvalue weighted by molar-refractivity contribution is -0.139. The molecule has 0 aromatic carbocycles. The summed E-state index contributed by atoms with van der Waals surface area (Å²) < 4.78 is 17.1. The highest BCUT2D eigenvalue weighted by atomic mass is 19.1. The highest BCUT2D eigenvalue weighted by Crippen LogP contribution is 2.05. The maximum atomic E-state index is 12.8. The van der Waals surface area contributed by atoms with E-state index in [1.165, 1.54) is 7.11 Å². The number of hydrogen-bond donors (Lipinski definition) is 1. The van der Waals surface area contributed by atoms with E-state index in [1.54, 1.807) is 6.07 Å². The van der Waals surface area contributed by atoms with Crippen LogP contribution in [0.4, 0.5) is 4.39 Å². The van der Waals surface area contributed by atoms with Crippen LogP contribution in [-0.4, -0.2) is 18.1 Å². The fourth-order valence-electron chi connectivity index (χ4n) is 0.999. The van der Waals surface area contributed by atoms with E-state index in [2.05, 4.69) is 9.72 Å². The van der Waals surface area contributed by atoms with Gasteiger partial charge in [-0.05, 0) is 6.07 Å². The number of pyridine rings is 1. The number of aromatic nitrogens is 1. The SMILES string of the molecule is COC(=O)Cc1[nH]c(=O)c(F)cc1C#N. The van der Waals surface area contributed by atoms with Gasteiger partial charge in [0.15, 0.2) is 5.82 Å². The number of methoxy groups -OCH3 is 1. The van der Waals surface area contributed by atoms with Gasteiger partial charge in [0, 0.05) is 5.69 Å². The van der Waals surface area contributed by atoms with Gasteiger partial charge in [-0.25, -0.2) is 4.39 Å². The summed E-state index contributed by atoms with van der Waals surface area (Å²) in [5, 5.41) is 8.63. The molecule has 0 fully saturated rings. The summed E-state index contributed by atoms with van der Waals surface area (Å²) in [5.74, 6) is -1.67. The Kier molecular flexibility index (Phi) is 3.18. The number of halogens is 1. The van der Waals surface area contributed by atoms with Crippen molar-refractivity contribution in [2.45, 2.75) is 6.42 Å². The lowest BCUT2D eigenvalue weighted by Gasteiger charge is -2.02. The quantitative estimate of drug-likeness (QED) is 0.702.